The van der Waals surface area contributed by atoms with E-state index in [1.165, 1.54) is 12.3 Å². The van der Waals surface area contributed by atoms with Crippen molar-refractivity contribution < 1.29 is 23.9 Å². The highest BCUT2D eigenvalue weighted by Crippen LogP contribution is 2.45. The van der Waals surface area contributed by atoms with Crippen LogP contribution < -0.4 is 14.9 Å². The van der Waals surface area contributed by atoms with E-state index in [0.29, 0.717) is 42.4 Å². The predicted octanol–water partition coefficient (Wildman–Crippen LogP) is 3.51. The number of carboxylic acid groups (broad SMARTS) is 1. The van der Waals surface area contributed by atoms with Gasteiger partial charge in [-0.25, -0.2) is 4.79 Å². The van der Waals surface area contributed by atoms with Gasteiger partial charge in [0.2, 0.25) is 0 Å². The number of nitrogens with zero attached hydrogens (tertiary/aromatic N) is 1. The monoisotopic (exact) mass is 447 g/mol. The summed E-state index contributed by atoms with van der Waals surface area (Å²) in [7, 11) is 1.55. The van der Waals surface area contributed by atoms with E-state index < -0.39 is 22.6 Å². The molecule has 0 saturated heterocycles. The zero-order chi connectivity index (χ0) is 22.9. The highest BCUT2D eigenvalue weighted by Gasteiger charge is 2.34. The fourth-order valence-corrected chi connectivity index (χ4v) is 4.46. The third-order valence-electron chi connectivity index (χ3n) is 5.56. The minimum Gasteiger partial charge on any atom is -0.617 e. The van der Waals surface area contributed by atoms with Gasteiger partial charge in [-0.15, -0.1) is 0 Å². The number of hydrogen-bond acceptors (Lipinski definition) is 5. The van der Waals surface area contributed by atoms with E-state index in [1.54, 1.807) is 13.4 Å². The molecule has 0 radical (unpaired) electrons. The molecule has 1 unspecified atom stereocenters. The minimum absolute atomic E-state index is 0.0440. The number of rotatable bonds is 7. The Kier molecular flexibility index (Phi) is 6.71. The lowest BCUT2D eigenvalue weighted by atomic mass is 9.78. The van der Waals surface area contributed by atoms with Crippen LogP contribution in [0.15, 0.2) is 29.2 Å². The summed E-state index contributed by atoms with van der Waals surface area (Å²) in [6.07, 6.45) is 4.46. The highest BCUT2D eigenvalue weighted by molar-refractivity contribution is 7.90. The van der Waals surface area contributed by atoms with Gasteiger partial charge in [0.15, 0.2) is 16.9 Å². The molecule has 0 aliphatic carbocycles. The van der Waals surface area contributed by atoms with Gasteiger partial charge in [-0.05, 0) is 29.5 Å². The van der Waals surface area contributed by atoms with Crippen LogP contribution in [-0.4, -0.2) is 45.9 Å². The Bertz CT molecular complexity index is 1040. The molecule has 0 spiro atoms. The molecule has 1 aromatic heterocycles. The van der Waals surface area contributed by atoms with Crippen molar-refractivity contribution in [1.29, 1.82) is 0 Å². The van der Waals surface area contributed by atoms with Gasteiger partial charge in [0.05, 0.1) is 25.7 Å². The molecule has 0 amide bonds. The summed E-state index contributed by atoms with van der Waals surface area (Å²) in [5.74, 6) is 0.482. The summed E-state index contributed by atoms with van der Waals surface area (Å²) < 4.78 is 24.6. The van der Waals surface area contributed by atoms with E-state index in [0.717, 1.165) is 11.1 Å². The fraction of sp³-hybridized carbons (Fsp3) is 0.478. The van der Waals surface area contributed by atoms with Crippen molar-refractivity contribution in [3.63, 3.8) is 0 Å². The largest absolute Gasteiger partial charge is 0.617 e. The van der Waals surface area contributed by atoms with Crippen molar-refractivity contribution in [3.05, 3.63) is 45.7 Å². The lowest BCUT2D eigenvalue weighted by Gasteiger charge is -2.39. The Balaban J connectivity index is 2.09. The van der Waals surface area contributed by atoms with E-state index in [2.05, 4.69) is 20.8 Å². The Morgan fingerprint density at radius 1 is 1.29 bits per heavy atom. The van der Waals surface area contributed by atoms with Crippen molar-refractivity contribution in [1.82, 2.24) is 4.57 Å². The van der Waals surface area contributed by atoms with Gasteiger partial charge in [-0.2, -0.15) is 0 Å². The number of carbonyl (C=O) groups is 1. The molecule has 0 fully saturated rings. The van der Waals surface area contributed by atoms with Crippen molar-refractivity contribution in [2.75, 3.05) is 25.7 Å². The van der Waals surface area contributed by atoms with E-state index in [4.69, 9.17) is 9.47 Å². The number of fused-ring (bicyclic) bond motifs is 3. The van der Waals surface area contributed by atoms with E-state index >= 15 is 0 Å². The van der Waals surface area contributed by atoms with Gasteiger partial charge < -0.3 is 23.7 Å². The second-order valence-corrected chi connectivity index (χ2v) is 10.4. The molecule has 2 aromatic rings. The van der Waals surface area contributed by atoms with Crippen LogP contribution in [0.3, 0.4) is 0 Å². The van der Waals surface area contributed by atoms with Crippen LogP contribution in [0.25, 0.3) is 11.3 Å². The van der Waals surface area contributed by atoms with Crippen LogP contribution in [0.1, 0.15) is 49.2 Å². The average Bonchev–Trinajstić information content (AvgIpc) is 2.68. The number of ether oxygens (including phenoxy) is 2. The summed E-state index contributed by atoms with van der Waals surface area (Å²) in [4.78, 5) is 24.0. The lowest BCUT2D eigenvalue weighted by Crippen LogP contribution is -2.32. The normalized spacial score (nSPS) is 16.3. The maximum absolute atomic E-state index is 12.5. The summed E-state index contributed by atoms with van der Waals surface area (Å²) in [5, 5.41) is 9.44. The second-order valence-electron chi connectivity index (χ2n) is 8.87. The number of methoxy groups -OCH3 is 1. The molecule has 0 saturated carbocycles. The Morgan fingerprint density at radius 3 is 2.58 bits per heavy atom. The summed E-state index contributed by atoms with van der Waals surface area (Å²) in [5.41, 5.74) is 1.57. The molecule has 1 aliphatic heterocycles. The molecule has 0 bridgehead atoms. The number of aromatic carboxylic acids is 1. The fourth-order valence-electron chi connectivity index (χ4n) is 3.94. The average molecular weight is 448 g/mol. The van der Waals surface area contributed by atoms with Crippen molar-refractivity contribution in [3.8, 4) is 22.8 Å². The smallest absolute Gasteiger partial charge is 0.341 e. The molecule has 31 heavy (non-hydrogen) atoms. The first-order chi connectivity index (χ1) is 14.5. The minimum atomic E-state index is -1.23. The molecule has 1 aromatic carbocycles. The summed E-state index contributed by atoms with van der Waals surface area (Å²) in [6, 6.07) is 5.14. The molecule has 8 heteroatoms. The van der Waals surface area contributed by atoms with Crippen LogP contribution in [0, 0.1) is 5.41 Å². The Morgan fingerprint density at radius 2 is 2.00 bits per heavy atom. The van der Waals surface area contributed by atoms with Crippen LogP contribution >= 0.6 is 0 Å². The first-order valence-electron chi connectivity index (χ1n) is 10.2. The molecular formula is C23H29NO6S. The Hall–Kier alpha value is -2.45. The molecule has 2 heterocycles. The summed E-state index contributed by atoms with van der Waals surface area (Å²) in [6.45, 7) is 6.71. The number of aromatic nitrogens is 1. The summed E-state index contributed by atoms with van der Waals surface area (Å²) >= 11 is -0.865. The standard InChI is InChI=1S/C23H29NO6S/c1-23(2,3)21-10-14-9-20(30-7-6-8-31(5)28)19(29-4)11-15(14)17-12-18(25)16(22(26)27)13-24(17)21/h9,11-13,21H,6-8,10H2,1-5H3,(H,26,27)/t21-,31?/m1/s1. The van der Waals surface area contributed by atoms with Crippen LogP contribution in [0.5, 0.6) is 11.5 Å². The van der Waals surface area contributed by atoms with Crippen molar-refractivity contribution >= 4 is 17.1 Å². The Labute approximate surface area is 185 Å². The molecule has 7 nitrogen and oxygen atoms in total. The topological polar surface area (TPSA) is 101 Å². The van der Waals surface area contributed by atoms with E-state index in [-0.39, 0.29) is 17.0 Å². The number of hydrogen-bond donors (Lipinski definition) is 1. The van der Waals surface area contributed by atoms with Gasteiger partial charge in [0.25, 0.3) is 0 Å². The number of pyridine rings is 1. The molecule has 168 valence electrons. The number of benzene rings is 1. The molecule has 3 rings (SSSR count). The first-order valence-corrected chi connectivity index (χ1v) is 11.9. The predicted molar refractivity (Wildman–Crippen MR) is 121 cm³/mol. The van der Waals surface area contributed by atoms with Gasteiger partial charge in [0, 0.05) is 30.3 Å². The van der Waals surface area contributed by atoms with Crippen LogP contribution in [0.2, 0.25) is 0 Å². The zero-order valence-electron chi connectivity index (χ0n) is 18.6. The third-order valence-corrected chi connectivity index (χ3v) is 6.42. The van der Waals surface area contributed by atoms with Gasteiger partial charge in [-0.1, -0.05) is 31.9 Å². The number of carboxylic acids is 1. The maximum Gasteiger partial charge on any atom is 0.341 e. The molecular weight excluding hydrogens is 418 g/mol. The van der Waals surface area contributed by atoms with Gasteiger partial charge in [0.1, 0.15) is 11.3 Å². The quantitative estimate of drug-likeness (QED) is 0.515. The molecule has 1 N–H and O–H groups in total. The van der Waals surface area contributed by atoms with E-state index in [1.807, 2.05) is 16.7 Å². The van der Waals surface area contributed by atoms with Crippen LogP contribution in [0.4, 0.5) is 0 Å². The first kappa shape index (κ1) is 23.2. The second kappa shape index (κ2) is 8.96. The zero-order valence-corrected chi connectivity index (χ0v) is 19.4. The van der Waals surface area contributed by atoms with Crippen molar-refractivity contribution in [2.24, 2.45) is 5.41 Å². The van der Waals surface area contributed by atoms with Gasteiger partial charge >= 0.3 is 5.97 Å². The third kappa shape index (κ3) is 4.91. The highest BCUT2D eigenvalue weighted by atomic mass is 32.2. The molecule has 1 aliphatic rings. The molecule has 2 atom stereocenters. The van der Waals surface area contributed by atoms with Crippen molar-refractivity contribution in [2.45, 2.75) is 39.7 Å². The van der Waals surface area contributed by atoms with Gasteiger partial charge in [-0.3, -0.25) is 4.79 Å². The van der Waals surface area contributed by atoms with Crippen LogP contribution in [-0.2, 0) is 17.6 Å². The maximum atomic E-state index is 12.5. The SMILES string of the molecule is COc1cc2c(cc1OCCC[S+](C)[O-])C[C@H](C(C)(C)C)n1cc(C(=O)O)c(=O)cc1-2. The lowest BCUT2D eigenvalue weighted by molar-refractivity contribution is 0.0693. The van der Waals surface area contributed by atoms with E-state index in [9.17, 15) is 19.2 Å².